The number of nitrogens with one attached hydrogen (secondary N) is 2. The fourth-order valence-electron chi connectivity index (χ4n) is 3.04. The maximum absolute atomic E-state index is 12.4. The van der Waals surface area contributed by atoms with Crippen LogP contribution in [0, 0.1) is 0 Å². The summed E-state index contributed by atoms with van der Waals surface area (Å²) in [6.07, 6.45) is 5.68. The summed E-state index contributed by atoms with van der Waals surface area (Å²) in [5.41, 5.74) is 1.45. The number of ether oxygens (including phenoxy) is 1. The number of aromatic nitrogens is 1. The Morgan fingerprint density at radius 3 is 2.37 bits per heavy atom. The molecule has 0 saturated heterocycles. The van der Waals surface area contributed by atoms with Crippen molar-refractivity contribution in [2.24, 2.45) is 0 Å². The number of anilines is 1. The lowest BCUT2D eigenvalue weighted by Gasteiger charge is -2.12. The molecule has 0 aliphatic heterocycles. The highest BCUT2D eigenvalue weighted by atomic mass is 16.5. The average molecular weight is 367 g/mol. The number of hydrogen-bond donors (Lipinski definition) is 2. The lowest BCUT2D eigenvalue weighted by molar-refractivity contribution is 0.0600. The predicted octanol–water partition coefficient (Wildman–Crippen LogP) is 2.79. The fourth-order valence-corrected chi connectivity index (χ4v) is 3.04. The second kappa shape index (κ2) is 8.44. The SMILES string of the molecule is COC(=O)c1ccc(NC(=O)c2cc(C(=O)NC3CCCC3)ccn2)cc1. The highest BCUT2D eigenvalue weighted by Gasteiger charge is 2.19. The summed E-state index contributed by atoms with van der Waals surface area (Å²) in [5, 5.41) is 5.69. The standard InChI is InChI=1S/C20H21N3O4/c1-27-20(26)13-6-8-16(9-7-13)23-19(25)17-12-14(10-11-21-17)18(24)22-15-4-2-3-5-15/h6-12,15H,2-5H2,1H3,(H,22,24)(H,23,25). The number of rotatable bonds is 5. The average Bonchev–Trinajstić information content (AvgIpc) is 3.21. The minimum Gasteiger partial charge on any atom is -0.465 e. The molecule has 1 aliphatic carbocycles. The van der Waals surface area contributed by atoms with Gasteiger partial charge in [0.25, 0.3) is 11.8 Å². The van der Waals surface area contributed by atoms with E-state index in [0.29, 0.717) is 16.8 Å². The van der Waals surface area contributed by atoms with Crippen molar-refractivity contribution in [3.63, 3.8) is 0 Å². The number of nitrogens with zero attached hydrogens (tertiary/aromatic N) is 1. The van der Waals surface area contributed by atoms with E-state index in [1.807, 2.05) is 0 Å². The van der Waals surface area contributed by atoms with Crippen molar-refractivity contribution in [2.75, 3.05) is 12.4 Å². The van der Waals surface area contributed by atoms with Gasteiger partial charge in [-0.25, -0.2) is 4.79 Å². The third-order valence-corrected chi connectivity index (χ3v) is 4.51. The maximum Gasteiger partial charge on any atom is 0.337 e. The second-order valence-electron chi connectivity index (χ2n) is 6.41. The Morgan fingerprint density at radius 1 is 1.00 bits per heavy atom. The monoisotopic (exact) mass is 367 g/mol. The first-order valence-electron chi connectivity index (χ1n) is 8.83. The Morgan fingerprint density at radius 2 is 1.70 bits per heavy atom. The molecule has 1 aromatic heterocycles. The topological polar surface area (TPSA) is 97.4 Å². The third-order valence-electron chi connectivity index (χ3n) is 4.51. The normalized spacial score (nSPS) is 13.8. The van der Waals surface area contributed by atoms with E-state index in [1.165, 1.54) is 19.4 Å². The van der Waals surface area contributed by atoms with Gasteiger partial charge in [0.15, 0.2) is 0 Å². The predicted molar refractivity (Wildman–Crippen MR) is 99.7 cm³/mol. The van der Waals surface area contributed by atoms with Crippen molar-refractivity contribution in [3.05, 3.63) is 59.4 Å². The van der Waals surface area contributed by atoms with Gasteiger partial charge in [-0.1, -0.05) is 12.8 Å². The molecule has 7 nitrogen and oxygen atoms in total. The van der Waals surface area contributed by atoms with Crippen LogP contribution in [0.15, 0.2) is 42.6 Å². The fraction of sp³-hybridized carbons (Fsp3) is 0.300. The van der Waals surface area contributed by atoms with Gasteiger partial charge in [0, 0.05) is 23.5 Å². The third kappa shape index (κ3) is 4.69. The number of esters is 1. The van der Waals surface area contributed by atoms with Crippen molar-refractivity contribution in [2.45, 2.75) is 31.7 Å². The van der Waals surface area contributed by atoms with Gasteiger partial charge in [-0.05, 0) is 49.2 Å². The zero-order valence-electron chi connectivity index (χ0n) is 15.0. The summed E-state index contributed by atoms with van der Waals surface area (Å²) < 4.78 is 4.64. The van der Waals surface area contributed by atoms with Gasteiger partial charge in [0.1, 0.15) is 5.69 Å². The van der Waals surface area contributed by atoms with Gasteiger partial charge in [0.05, 0.1) is 12.7 Å². The molecule has 0 radical (unpaired) electrons. The van der Waals surface area contributed by atoms with Crippen molar-refractivity contribution < 1.29 is 19.1 Å². The molecule has 1 saturated carbocycles. The van der Waals surface area contributed by atoms with Crippen LogP contribution >= 0.6 is 0 Å². The largest absolute Gasteiger partial charge is 0.465 e. The van der Waals surface area contributed by atoms with E-state index < -0.39 is 11.9 Å². The summed E-state index contributed by atoms with van der Waals surface area (Å²) in [6, 6.07) is 9.58. The molecule has 0 spiro atoms. The van der Waals surface area contributed by atoms with Gasteiger partial charge < -0.3 is 15.4 Å². The second-order valence-corrected chi connectivity index (χ2v) is 6.41. The smallest absolute Gasteiger partial charge is 0.337 e. The molecule has 2 N–H and O–H groups in total. The lowest BCUT2D eigenvalue weighted by atomic mass is 10.1. The van der Waals surface area contributed by atoms with Gasteiger partial charge in [-0.3, -0.25) is 14.6 Å². The highest BCUT2D eigenvalue weighted by Crippen LogP contribution is 2.18. The molecule has 0 atom stereocenters. The first-order chi connectivity index (χ1) is 13.1. The number of carbonyl (C=O) groups excluding carboxylic acids is 3. The number of methoxy groups -OCH3 is 1. The number of pyridine rings is 1. The lowest BCUT2D eigenvalue weighted by Crippen LogP contribution is -2.32. The number of hydrogen-bond acceptors (Lipinski definition) is 5. The summed E-state index contributed by atoms with van der Waals surface area (Å²) in [6.45, 7) is 0. The number of benzene rings is 1. The van der Waals surface area contributed by atoms with Crippen LogP contribution in [0.5, 0.6) is 0 Å². The van der Waals surface area contributed by atoms with Crippen LogP contribution in [-0.2, 0) is 4.74 Å². The van der Waals surface area contributed by atoms with Crippen LogP contribution in [0.2, 0.25) is 0 Å². The molecule has 1 aromatic carbocycles. The summed E-state index contributed by atoms with van der Waals surface area (Å²) in [5.74, 6) is -1.08. The first kappa shape index (κ1) is 18.6. The number of amides is 2. The zero-order valence-corrected chi connectivity index (χ0v) is 15.0. The van der Waals surface area contributed by atoms with Crippen molar-refractivity contribution in [1.29, 1.82) is 0 Å². The quantitative estimate of drug-likeness (QED) is 0.792. The molecule has 1 fully saturated rings. The summed E-state index contributed by atoms with van der Waals surface area (Å²) >= 11 is 0. The zero-order chi connectivity index (χ0) is 19.2. The molecule has 27 heavy (non-hydrogen) atoms. The minimum atomic E-state index is -0.449. The van der Waals surface area contributed by atoms with Gasteiger partial charge in [-0.2, -0.15) is 0 Å². The van der Waals surface area contributed by atoms with E-state index in [2.05, 4.69) is 20.4 Å². The molecule has 7 heteroatoms. The Kier molecular flexibility index (Phi) is 5.80. The molecule has 2 amide bonds. The van der Waals surface area contributed by atoms with Crippen LogP contribution in [-0.4, -0.2) is 35.9 Å². The van der Waals surface area contributed by atoms with E-state index in [4.69, 9.17) is 0 Å². The van der Waals surface area contributed by atoms with E-state index >= 15 is 0 Å². The maximum atomic E-state index is 12.4. The molecular formula is C20H21N3O4. The van der Waals surface area contributed by atoms with Crippen molar-refractivity contribution >= 4 is 23.5 Å². The molecule has 140 valence electrons. The molecule has 3 rings (SSSR count). The molecule has 2 aromatic rings. The molecule has 0 unspecified atom stereocenters. The van der Waals surface area contributed by atoms with E-state index in [1.54, 1.807) is 30.3 Å². The Hall–Kier alpha value is -3.22. The molecule has 1 aliphatic rings. The van der Waals surface area contributed by atoms with E-state index in [0.717, 1.165) is 25.7 Å². The van der Waals surface area contributed by atoms with E-state index in [9.17, 15) is 14.4 Å². The van der Waals surface area contributed by atoms with Crippen LogP contribution < -0.4 is 10.6 Å². The Balaban J connectivity index is 1.66. The first-order valence-corrected chi connectivity index (χ1v) is 8.83. The Labute approximate surface area is 157 Å². The summed E-state index contributed by atoms with van der Waals surface area (Å²) in [4.78, 5) is 40.2. The molecule has 0 bridgehead atoms. The highest BCUT2D eigenvalue weighted by molar-refractivity contribution is 6.05. The molecule has 1 heterocycles. The minimum absolute atomic E-state index is 0.145. The van der Waals surface area contributed by atoms with Crippen LogP contribution in [0.3, 0.4) is 0 Å². The van der Waals surface area contributed by atoms with Crippen molar-refractivity contribution in [3.8, 4) is 0 Å². The van der Waals surface area contributed by atoms with Crippen LogP contribution in [0.4, 0.5) is 5.69 Å². The van der Waals surface area contributed by atoms with Crippen molar-refractivity contribution in [1.82, 2.24) is 10.3 Å². The van der Waals surface area contributed by atoms with E-state index in [-0.39, 0.29) is 17.6 Å². The van der Waals surface area contributed by atoms with Gasteiger partial charge >= 0.3 is 5.97 Å². The van der Waals surface area contributed by atoms with Gasteiger partial charge in [0.2, 0.25) is 0 Å². The van der Waals surface area contributed by atoms with Crippen LogP contribution in [0.1, 0.15) is 56.9 Å². The number of carbonyl (C=O) groups is 3. The van der Waals surface area contributed by atoms with Gasteiger partial charge in [-0.15, -0.1) is 0 Å². The van der Waals surface area contributed by atoms with Crippen LogP contribution in [0.25, 0.3) is 0 Å². The summed E-state index contributed by atoms with van der Waals surface area (Å²) in [7, 11) is 1.31. The Bertz CT molecular complexity index is 843. The molecular weight excluding hydrogens is 346 g/mol.